The molecule has 60 valence electrons. The van der Waals surface area contributed by atoms with E-state index in [1.54, 1.807) is 0 Å². The maximum Gasteiger partial charge on any atom is 0.101 e. The molecule has 0 spiro atoms. The van der Waals surface area contributed by atoms with E-state index in [1.807, 2.05) is 13.2 Å². The Morgan fingerprint density at radius 1 is 1.64 bits per heavy atom. The quantitative estimate of drug-likeness (QED) is 0.664. The third-order valence-electron chi connectivity index (χ3n) is 2.21. The molecule has 1 aliphatic heterocycles. The first-order chi connectivity index (χ1) is 5.36. The molecular weight excluding hydrogens is 138 g/mol. The summed E-state index contributed by atoms with van der Waals surface area (Å²) in [5, 5.41) is 3.43. The van der Waals surface area contributed by atoms with Gasteiger partial charge in [-0.25, -0.2) is 0 Å². The average Bonchev–Trinajstić information content (AvgIpc) is 2.55. The first kappa shape index (κ1) is 6.92. The van der Waals surface area contributed by atoms with Crippen LogP contribution < -0.4 is 5.32 Å². The van der Waals surface area contributed by atoms with Gasteiger partial charge in [-0.2, -0.15) is 0 Å². The highest BCUT2D eigenvalue weighted by Gasteiger charge is 2.17. The summed E-state index contributed by atoms with van der Waals surface area (Å²) in [7, 11) is 0. The predicted molar refractivity (Wildman–Crippen MR) is 43.4 cm³/mol. The molecule has 2 rings (SSSR count). The van der Waals surface area contributed by atoms with Crippen LogP contribution in [0.5, 0.6) is 0 Å². The van der Waals surface area contributed by atoms with E-state index in [1.165, 1.54) is 18.4 Å². The topological polar surface area (TPSA) is 25.2 Å². The summed E-state index contributed by atoms with van der Waals surface area (Å²) in [6.45, 7) is 3.13. The highest BCUT2D eigenvalue weighted by molar-refractivity contribution is 5.17. The first-order valence-electron chi connectivity index (χ1n) is 4.15. The zero-order chi connectivity index (χ0) is 7.68. The molecule has 1 atom stereocenters. The van der Waals surface area contributed by atoms with Gasteiger partial charge in [0, 0.05) is 11.6 Å². The van der Waals surface area contributed by atoms with Gasteiger partial charge >= 0.3 is 0 Å². The molecule has 2 heterocycles. The van der Waals surface area contributed by atoms with Gasteiger partial charge in [-0.15, -0.1) is 0 Å². The Kier molecular flexibility index (Phi) is 1.70. The lowest BCUT2D eigenvalue weighted by Gasteiger charge is -2.04. The molecule has 2 heteroatoms. The molecule has 1 aromatic rings. The molecule has 1 N–H and O–H groups in total. The van der Waals surface area contributed by atoms with Crippen molar-refractivity contribution in [2.45, 2.75) is 25.8 Å². The second-order valence-corrected chi connectivity index (χ2v) is 3.14. The van der Waals surface area contributed by atoms with Crippen LogP contribution in [0.15, 0.2) is 16.7 Å². The first-order valence-corrected chi connectivity index (χ1v) is 4.15. The van der Waals surface area contributed by atoms with E-state index >= 15 is 0 Å². The van der Waals surface area contributed by atoms with E-state index < -0.39 is 0 Å². The number of furan rings is 1. The molecule has 1 aromatic heterocycles. The summed E-state index contributed by atoms with van der Waals surface area (Å²) in [5.74, 6) is 1.01. The molecule has 0 aromatic carbocycles. The van der Waals surface area contributed by atoms with Crippen molar-refractivity contribution in [3.63, 3.8) is 0 Å². The Bertz CT molecular complexity index is 235. The standard InChI is InChI=1S/C9H13NO/c1-7-5-8(6-11-7)9-3-2-4-10-9/h5-6,9-10H,2-4H2,1H3. The Morgan fingerprint density at radius 2 is 2.55 bits per heavy atom. The summed E-state index contributed by atoms with van der Waals surface area (Å²) >= 11 is 0. The molecule has 0 radical (unpaired) electrons. The maximum absolute atomic E-state index is 5.24. The molecule has 11 heavy (non-hydrogen) atoms. The molecule has 0 saturated carbocycles. The molecule has 1 fully saturated rings. The molecule has 1 saturated heterocycles. The maximum atomic E-state index is 5.24. The van der Waals surface area contributed by atoms with Crippen molar-refractivity contribution in [1.82, 2.24) is 5.32 Å². The largest absolute Gasteiger partial charge is 0.469 e. The smallest absolute Gasteiger partial charge is 0.101 e. The van der Waals surface area contributed by atoms with E-state index in [9.17, 15) is 0 Å². The normalized spacial score (nSPS) is 24.3. The van der Waals surface area contributed by atoms with Gasteiger partial charge in [0.25, 0.3) is 0 Å². The summed E-state index contributed by atoms with van der Waals surface area (Å²) in [5.41, 5.74) is 1.31. The molecular formula is C9H13NO. The fraction of sp³-hybridized carbons (Fsp3) is 0.556. The van der Waals surface area contributed by atoms with Crippen molar-refractivity contribution < 1.29 is 4.42 Å². The lowest BCUT2D eigenvalue weighted by Crippen LogP contribution is -2.11. The van der Waals surface area contributed by atoms with Crippen molar-refractivity contribution in [3.8, 4) is 0 Å². The Balaban J connectivity index is 2.15. The number of nitrogens with one attached hydrogen (secondary N) is 1. The van der Waals surface area contributed by atoms with Crippen LogP contribution >= 0.6 is 0 Å². The second kappa shape index (κ2) is 2.70. The van der Waals surface area contributed by atoms with Crippen LogP contribution in [0.2, 0.25) is 0 Å². The van der Waals surface area contributed by atoms with Gasteiger partial charge in [0.2, 0.25) is 0 Å². The molecule has 2 nitrogen and oxygen atoms in total. The molecule has 0 amide bonds. The van der Waals surface area contributed by atoms with Crippen LogP contribution in [0.1, 0.15) is 30.2 Å². The monoisotopic (exact) mass is 151 g/mol. The SMILES string of the molecule is Cc1cc(C2CCCN2)co1. The van der Waals surface area contributed by atoms with Gasteiger partial charge in [-0.1, -0.05) is 0 Å². The Labute approximate surface area is 66.6 Å². The van der Waals surface area contributed by atoms with E-state index in [-0.39, 0.29) is 0 Å². The van der Waals surface area contributed by atoms with Gasteiger partial charge < -0.3 is 9.73 Å². The van der Waals surface area contributed by atoms with Gasteiger partial charge in [0.1, 0.15) is 5.76 Å². The summed E-state index contributed by atoms with van der Waals surface area (Å²) in [6.07, 6.45) is 4.40. The van der Waals surface area contributed by atoms with E-state index in [0.29, 0.717) is 6.04 Å². The zero-order valence-electron chi connectivity index (χ0n) is 6.76. The molecule has 0 aliphatic carbocycles. The van der Waals surface area contributed by atoms with Crippen molar-refractivity contribution in [3.05, 3.63) is 23.7 Å². The highest BCUT2D eigenvalue weighted by Crippen LogP contribution is 2.24. The Morgan fingerprint density at radius 3 is 3.09 bits per heavy atom. The highest BCUT2D eigenvalue weighted by atomic mass is 16.3. The molecule has 1 unspecified atom stereocenters. The van der Waals surface area contributed by atoms with Crippen LogP contribution in [0.4, 0.5) is 0 Å². The third kappa shape index (κ3) is 1.31. The van der Waals surface area contributed by atoms with E-state index in [2.05, 4.69) is 11.4 Å². The minimum absolute atomic E-state index is 0.549. The van der Waals surface area contributed by atoms with Crippen LogP contribution in [-0.4, -0.2) is 6.54 Å². The van der Waals surface area contributed by atoms with Gasteiger partial charge in [-0.3, -0.25) is 0 Å². The van der Waals surface area contributed by atoms with Crippen molar-refractivity contribution in [2.75, 3.05) is 6.54 Å². The van der Waals surface area contributed by atoms with E-state index in [4.69, 9.17) is 4.42 Å². The van der Waals surface area contributed by atoms with Crippen LogP contribution in [0.25, 0.3) is 0 Å². The molecule has 1 aliphatic rings. The van der Waals surface area contributed by atoms with Gasteiger partial charge in [0.15, 0.2) is 0 Å². The van der Waals surface area contributed by atoms with Crippen LogP contribution in [-0.2, 0) is 0 Å². The number of hydrogen-bond acceptors (Lipinski definition) is 2. The number of rotatable bonds is 1. The lowest BCUT2D eigenvalue weighted by molar-refractivity contribution is 0.525. The van der Waals surface area contributed by atoms with Crippen LogP contribution in [0, 0.1) is 6.92 Å². The number of hydrogen-bond donors (Lipinski definition) is 1. The number of aryl methyl sites for hydroxylation is 1. The van der Waals surface area contributed by atoms with Crippen molar-refractivity contribution in [2.24, 2.45) is 0 Å². The van der Waals surface area contributed by atoms with Crippen molar-refractivity contribution >= 4 is 0 Å². The zero-order valence-corrected chi connectivity index (χ0v) is 6.76. The van der Waals surface area contributed by atoms with Crippen molar-refractivity contribution in [1.29, 1.82) is 0 Å². The summed E-state index contributed by atoms with van der Waals surface area (Å²) in [4.78, 5) is 0. The summed E-state index contributed by atoms with van der Waals surface area (Å²) in [6, 6.07) is 2.66. The second-order valence-electron chi connectivity index (χ2n) is 3.14. The van der Waals surface area contributed by atoms with Gasteiger partial charge in [0.05, 0.1) is 6.26 Å². The fourth-order valence-electron chi connectivity index (χ4n) is 1.62. The predicted octanol–water partition coefficient (Wildman–Crippen LogP) is 2.01. The lowest BCUT2D eigenvalue weighted by atomic mass is 10.1. The van der Waals surface area contributed by atoms with E-state index in [0.717, 1.165) is 12.3 Å². The van der Waals surface area contributed by atoms with Gasteiger partial charge in [-0.05, 0) is 32.4 Å². The fourth-order valence-corrected chi connectivity index (χ4v) is 1.62. The molecule has 0 bridgehead atoms. The summed E-state index contributed by atoms with van der Waals surface area (Å²) < 4.78 is 5.24. The minimum atomic E-state index is 0.549. The third-order valence-corrected chi connectivity index (χ3v) is 2.21. The van der Waals surface area contributed by atoms with Crippen LogP contribution in [0.3, 0.4) is 0 Å². The Hall–Kier alpha value is -0.760. The average molecular weight is 151 g/mol. The minimum Gasteiger partial charge on any atom is -0.469 e.